The van der Waals surface area contributed by atoms with E-state index < -0.39 is 36.2 Å². The second-order valence-corrected chi connectivity index (χ2v) is 6.85. The Morgan fingerprint density at radius 1 is 1.16 bits per heavy atom. The molecule has 4 rings (SSSR count). The minimum absolute atomic E-state index is 0.130. The van der Waals surface area contributed by atoms with Gasteiger partial charge in [-0.2, -0.15) is 5.26 Å². The van der Waals surface area contributed by atoms with Gasteiger partial charge >= 0.3 is 5.97 Å². The summed E-state index contributed by atoms with van der Waals surface area (Å²) >= 11 is 0. The highest BCUT2D eigenvalue weighted by Gasteiger charge is 2.41. The standard InChI is InChI=1S/C22H16N4O5/c1-12(26-20(28)13-6-2-3-7-14(13)21(26)29)22(30)31-11-18(27)15(10-23)19-24-16-8-4-5-9-17(16)25-19/h2-9,12,27H,11H2,1H3,(H,24,25). The van der Waals surface area contributed by atoms with E-state index in [1.54, 1.807) is 36.4 Å². The quantitative estimate of drug-likeness (QED) is 0.282. The van der Waals surface area contributed by atoms with Gasteiger partial charge in [-0.05, 0) is 31.2 Å². The van der Waals surface area contributed by atoms with Gasteiger partial charge < -0.3 is 14.8 Å². The number of allylic oxidation sites excluding steroid dienone is 1. The summed E-state index contributed by atoms with van der Waals surface area (Å²) in [6.45, 7) is 0.738. The van der Waals surface area contributed by atoms with E-state index in [9.17, 15) is 24.8 Å². The molecule has 1 aliphatic rings. The number of esters is 1. The first kappa shape index (κ1) is 19.8. The number of aromatic amines is 1. The molecule has 2 N–H and O–H groups in total. The van der Waals surface area contributed by atoms with Crippen LogP contribution in [0.4, 0.5) is 0 Å². The molecule has 1 aromatic heterocycles. The van der Waals surface area contributed by atoms with E-state index in [0.29, 0.717) is 11.0 Å². The van der Waals surface area contributed by atoms with Crippen LogP contribution < -0.4 is 0 Å². The van der Waals surface area contributed by atoms with Crippen molar-refractivity contribution in [3.05, 3.63) is 71.2 Å². The van der Waals surface area contributed by atoms with Gasteiger partial charge in [-0.15, -0.1) is 0 Å². The van der Waals surface area contributed by atoms with Crippen molar-refractivity contribution in [1.82, 2.24) is 14.9 Å². The highest BCUT2D eigenvalue weighted by molar-refractivity contribution is 6.22. The lowest BCUT2D eigenvalue weighted by Gasteiger charge is -2.20. The van der Waals surface area contributed by atoms with Crippen LogP contribution in [0.5, 0.6) is 0 Å². The Bertz CT molecular complexity index is 1230. The molecule has 2 amide bonds. The number of carbonyl (C=O) groups is 3. The number of ether oxygens (including phenoxy) is 1. The fraction of sp³-hybridized carbons (Fsp3) is 0.136. The molecule has 0 radical (unpaired) electrons. The molecule has 0 aliphatic carbocycles. The highest BCUT2D eigenvalue weighted by atomic mass is 16.5. The van der Waals surface area contributed by atoms with Crippen molar-refractivity contribution in [2.24, 2.45) is 0 Å². The molecule has 1 unspecified atom stereocenters. The number of para-hydroxylation sites is 2. The predicted octanol–water partition coefficient (Wildman–Crippen LogP) is 2.58. The zero-order chi connectivity index (χ0) is 22.1. The fourth-order valence-electron chi connectivity index (χ4n) is 3.32. The molecule has 0 bridgehead atoms. The van der Waals surface area contributed by atoms with Gasteiger partial charge in [-0.3, -0.25) is 14.5 Å². The second-order valence-electron chi connectivity index (χ2n) is 6.85. The number of fused-ring (bicyclic) bond motifs is 2. The summed E-state index contributed by atoms with van der Waals surface area (Å²) in [7, 11) is 0. The summed E-state index contributed by atoms with van der Waals surface area (Å²) in [4.78, 5) is 45.4. The lowest BCUT2D eigenvalue weighted by Crippen LogP contribution is -2.43. The van der Waals surface area contributed by atoms with Crippen molar-refractivity contribution >= 4 is 34.4 Å². The SMILES string of the molecule is CC(C(=O)OCC(O)=C(C#N)c1nc2ccccc2[nH]1)N1C(=O)c2ccccc2C1=O. The molecule has 0 spiro atoms. The number of aromatic nitrogens is 2. The third-order valence-electron chi connectivity index (χ3n) is 4.93. The minimum Gasteiger partial charge on any atom is -0.507 e. The van der Waals surface area contributed by atoms with Crippen LogP contribution in [0.25, 0.3) is 16.6 Å². The molecular formula is C22H16N4O5. The summed E-state index contributed by atoms with van der Waals surface area (Å²) in [6.07, 6.45) is 0. The first-order chi connectivity index (χ1) is 14.9. The smallest absolute Gasteiger partial charge is 0.329 e. The van der Waals surface area contributed by atoms with Crippen LogP contribution in [0.3, 0.4) is 0 Å². The largest absolute Gasteiger partial charge is 0.507 e. The van der Waals surface area contributed by atoms with E-state index in [-0.39, 0.29) is 22.5 Å². The number of carbonyl (C=O) groups excluding carboxylic acids is 3. The van der Waals surface area contributed by atoms with Crippen LogP contribution in [-0.4, -0.2) is 50.4 Å². The molecule has 2 heterocycles. The monoisotopic (exact) mass is 416 g/mol. The van der Waals surface area contributed by atoms with Gasteiger partial charge in [-0.25, -0.2) is 9.78 Å². The maximum absolute atomic E-state index is 12.5. The molecule has 31 heavy (non-hydrogen) atoms. The van der Waals surface area contributed by atoms with Gasteiger partial charge in [0.05, 0.1) is 22.2 Å². The summed E-state index contributed by atoms with van der Waals surface area (Å²) < 4.78 is 5.07. The molecule has 9 heteroatoms. The van der Waals surface area contributed by atoms with Crippen LogP contribution in [-0.2, 0) is 9.53 Å². The number of imide groups is 1. The molecule has 3 aromatic rings. The first-order valence-corrected chi connectivity index (χ1v) is 9.33. The average molecular weight is 416 g/mol. The Balaban J connectivity index is 1.49. The zero-order valence-corrected chi connectivity index (χ0v) is 16.3. The fourth-order valence-corrected chi connectivity index (χ4v) is 3.32. The van der Waals surface area contributed by atoms with Crippen molar-refractivity contribution in [2.75, 3.05) is 6.61 Å². The Hall–Kier alpha value is -4.45. The molecule has 154 valence electrons. The summed E-state index contributed by atoms with van der Waals surface area (Å²) in [5.41, 5.74) is 1.53. The predicted molar refractivity (Wildman–Crippen MR) is 109 cm³/mol. The van der Waals surface area contributed by atoms with E-state index in [1.165, 1.54) is 19.1 Å². The number of imidazole rings is 1. The van der Waals surface area contributed by atoms with Crippen molar-refractivity contribution in [2.45, 2.75) is 13.0 Å². The third kappa shape index (κ3) is 3.40. The van der Waals surface area contributed by atoms with E-state index in [4.69, 9.17) is 4.74 Å². The van der Waals surface area contributed by atoms with Crippen molar-refractivity contribution in [3.8, 4) is 6.07 Å². The number of aliphatic hydroxyl groups is 1. The van der Waals surface area contributed by atoms with Crippen molar-refractivity contribution in [3.63, 3.8) is 0 Å². The van der Waals surface area contributed by atoms with E-state index in [2.05, 4.69) is 9.97 Å². The average Bonchev–Trinajstić information content (AvgIpc) is 3.31. The minimum atomic E-state index is -1.21. The van der Waals surface area contributed by atoms with E-state index in [1.807, 2.05) is 6.07 Å². The third-order valence-corrected chi connectivity index (χ3v) is 4.93. The van der Waals surface area contributed by atoms with Gasteiger partial charge in [0.2, 0.25) is 0 Å². The number of amides is 2. The Labute approximate surface area is 176 Å². The molecule has 0 saturated carbocycles. The first-order valence-electron chi connectivity index (χ1n) is 9.33. The van der Waals surface area contributed by atoms with Crippen LogP contribution in [0.15, 0.2) is 54.3 Å². The second kappa shape index (κ2) is 7.76. The number of H-pyrrole nitrogens is 1. The summed E-state index contributed by atoms with van der Waals surface area (Å²) in [6, 6.07) is 14.0. The number of aliphatic hydroxyl groups excluding tert-OH is 1. The number of benzene rings is 2. The number of nitrogens with one attached hydrogen (secondary N) is 1. The highest BCUT2D eigenvalue weighted by Crippen LogP contribution is 2.25. The van der Waals surface area contributed by atoms with Gasteiger partial charge in [0.1, 0.15) is 24.3 Å². The van der Waals surface area contributed by atoms with Crippen molar-refractivity contribution < 1.29 is 24.2 Å². The van der Waals surface area contributed by atoms with Gasteiger partial charge in [0.15, 0.2) is 11.6 Å². The summed E-state index contributed by atoms with van der Waals surface area (Å²) in [5, 5.41) is 19.7. The van der Waals surface area contributed by atoms with Gasteiger partial charge in [-0.1, -0.05) is 24.3 Å². The maximum atomic E-state index is 12.5. The number of hydrogen-bond acceptors (Lipinski definition) is 7. The number of nitrogens with zero attached hydrogens (tertiary/aromatic N) is 3. The maximum Gasteiger partial charge on any atom is 0.329 e. The normalized spacial score (nSPS) is 14.8. The number of nitriles is 1. The Morgan fingerprint density at radius 2 is 1.77 bits per heavy atom. The Morgan fingerprint density at radius 3 is 2.39 bits per heavy atom. The number of rotatable bonds is 5. The van der Waals surface area contributed by atoms with Crippen LogP contribution >= 0.6 is 0 Å². The van der Waals surface area contributed by atoms with Gasteiger partial charge in [0.25, 0.3) is 11.8 Å². The Kier molecular flexibility index (Phi) is 4.97. The molecular weight excluding hydrogens is 400 g/mol. The number of hydrogen-bond donors (Lipinski definition) is 2. The van der Waals surface area contributed by atoms with Crippen molar-refractivity contribution in [1.29, 1.82) is 5.26 Å². The molecule has 1 atom stereocenters. The van der Waals surface area contributed by atoms with Crippen LogP contribution in [0.1, 0.15) is 33.5 Å². The van der Waals surface area contributed by atoms with Crippen LogP contribution in [0, 0.1) is 11.3 Å². The zero-order valence-electron chi connectivity index (χ0n) is 16.3. The lowest BCUT2D eigenvalue weighted by molar-refractivity contribution is -0.147. The van der Waals surface area contributed by atoms with Crippen LogP contribution in [0.2, 0.25) is 0 Å². The molecule has 2 aromatic carbocycles. The van der Waals surface area contributed by atoms with Gasteiger partial charge in [0, 0.05) is 0 Å². The molecule has 0 fully saturated rings. The lowest BCUT2D eigenvalue weighted by atomic mass is 10.1. The van der Waals surface area contributed by atoms with E-state index >= 15 is 0 Å². The molecule has 1 aliphatic heterocycles. The topological polar surface area (TPSA) is 136 Å². The molecule has 9 nitrogen and oxygen atoms in total. The summed E-state index contributed by atoms with van der Waals surface area (Å²) in [5.74, 6) is -2.47. The molecule has 0 saturated heterocycles. The van der Waals surface area contributed by atoms with E-state index in [0.717, 1.165) is 4.90 Å².